The maximum atomic E-state index is 10.4. The Labute approximate surface area is 66.5 Å². The first-order chi connectivity index (χ1) is 5.79. The molecule has 1 aliphatic rings. The molecule has 0 aromatic carbocycles. The van der Waals surface area contributed by atoms with Crippen molar-refractivity contribution in [2.75, 3.05) is 6.67 Å². The zero-order valence-electron chi connectivity index (χ0n) is 5.97. The molecule has 0 fully saturated rings. The Kier molecular flexibility index (Phi) is 1.33. The van der Waals surface area contributed by atoms with Crippen LogP contribution >= 0.6 is 0 Å². The molecule has 1 aromatic heterocycles. The molecule has 0 atom stereocenters. The van der Waals surface area contributed by atoms with Crippen LogP contribution in [0.3, 0.4) is 0 Å². The SMILES string of the molecule is O=[N+]([O-])c1ccnc2c1=NCN=2. The van der Waals surface area contributed by atoms with Gasteiger partial charge in [0.15, 0.2) is 10.8 Å². The van der Waals surface area contributed by atoms with Crippen LogP contribution in [0.25, 0.3) is 0 Å². The van der Waals surface area contributed by atoms with E-state index in [0.29, 0.717) is 10.8 Å². The van der Waals surface area contributed by atoms with E-state index in [1.165, 1.54) is 12.3 Å². The molecule has 0 amide bonds. The number of hydrogen-bond donors (Lipinski definition) is 0. The lowest BCUT2D eigenvalue weighted by Gasteiger charge is -1.87. The van der Waals surface area contributed by atoms with Crippen molar-refractivity contribution in [3.8, 4) is 0 Å². The first kappa shape index (κ1) is 6.84. The minimum Gasteiger partial charge on any atom is -0.258 e. The smallest absolute Gasteiger partial charge is 0.258 e. The van der Waals surface area contributed by atoms with Crippen molar-refractivity contribution in [2.45, 2.75) is 0 Å². The van der Waals surface area contributed by atoms with Crippen LogP contribution in [-0.2, 0) is 0 Å². The molecule has 12 heavy (non-hydrogen) atoms. The predicted octanol–water partition coefficient (Wildman–Crippen LogP) is -0.800. The van der Waals surface area contributed by atoms with E-state index in [1.54, 1.807) is 0 Å². The molecule has 0 N–H and O–H groups in total. The van der Waals surface area contributed by atoms with E-state index in [2.05, 4.69) is 15.0 Å². The number of nitro groups is 1. The van der Waals surface area contributed by atoms with Gasteiger partial charge in [0.1, 0.15) is 6.67 Å². The fourth-order valence-corrected chi connectivity index (χ4v) is 1.02. The summed E-state index contributed by atoms with van der Waals surface area (Å²) in [5, 5.41) is 10.7. The van der Waals surface area contributed by atoms with E-state index in [9.17, 15) is 10.1 Å². The minimum atomic E-state index is -0.481. The lowest BCUT2D eigenvalue weighted by atomic mass is 10.4. The second-order valence-electron chi connectivity index (χ2n) is 2.22. The number of rotatable bonds is 1. The largest absolute Gasteiger partial charge is 0.299 e. The summed E-state index contributed by atoms with van der Waals surface area (Å²) < 4.78 is 0. The van der Waals surface area contributed by atoms with Gasteiger partial charge in [-0.2, -0.15) is 0 Å². The molecule has 0 bridgehead atoms. The average molecular weight is 164 g/mol. The van der Waals surface area contributed by atoms with Crippen molar-refractivity contribution in [3.63, 3.8) is 0 Å². The topological polar surface area (TPSA) is 80.8 Å². The molecule has 0 radical (unpaired) electrons. The average Bonchev–Trinajstić information content (AvgIpc) is 2.49. The summed E-state index contributed by atoms with van der Waals surface area (Å²) in [6.07, 6.45) is 1.36. The van der Waals surface area contributed by atoms with E-state index < -0.39 is 4.92 Å². The Morgan fingerprint density at radius 3 is 3.08 bits per heavy atom. The molecular weight excluding hydrogens is 160 g/mol. The van der Waals surface area contributed by atoms with Crippen molar-refractivity contribution in [1.82, 2.24) is 4.98 Å². The maximum absolute atomic E-state index is 10.4. The number of fused-ring (bicyclic) bond motifs is 1. The summed E-state index contributed by atoms with van der Waals surface area (Å²) in [7, 11) is 0. The highest BCUT2D eigenvalue weighted by Crippen LogP contribution is 1.99. The van der Waals surface area contributed by atoms with Crippen LogP contribution in [-0.4, -0.2) is 16.6 Å². The monoisotopic (exact) mass is 164 g/mol. The minimum absolute atomic E-state index is 0.0266. The third-order valence-electron chi connectivity index (χ3n) is 1.53. The Hall–Kier alpha value is -1.85. The highest BCUT2D eigenvalue weighted by atomic mass is 16.6. The van der Waals surface area contributed by atoms with Crippen LogP contribution in [0.4, 0.5) is 5.69 Å². The summed E-state index contributed by atoms with van der Waals surface area (Å²) in [6, 6.07) is 1.32. The molecule has 0 unspecified atom stereocenters. The third-order valence-corrected chi connectivity index (χ3v) is 1.53. The Balaban J connectivity index is 2.84. The fraction of sp³-hybridized carbons (Fsp3) is 0.167. The highest BCUT2D eigenvalue weighted by molar-refractivity contribution is 5.25. The summed E-state index contributed by atoms with van der Waals surface area (Å²) in [6.45, 7) is 0.243. The summed E-state index contributed by atoms with van der Waals surface area (Å²) in [4.78, 5) is 21.5. The number of pyridine rings is 1. The number of nitrogens with zero attached hydrogens (tertiary/aromatic N) is 4. The standard InChI is InChI=1S/C6H4N4O2/c11-10(12)4-1-2-7-6-5(4)8-3-9-6/h1-2H,3H2. The normalized spacial score (nSPS) is 13.0. The predicted molar refractivity (Wildman–Crippen MR) is 38.1 cm³/mol. The molecule has 0 aliphatic carbocycles. The molecule has 2 rings (SSSR count). The maximum Gasteiger partial charge on any atom is 0.299 e. The van der Waals surface area contributed by atoms with Gasteiger partial charge >= 0.3 is 0 Å². The molecule has 0 saturated carbocycles. The number of hydrogen-bond acceptors (Lipinski definition) is 5. The molecule has 1 aromatic rings. The van der Waals surface area contributed by atoms with E-state index in [-0.39, 0.29) is 12.4 Å². The first-order valence-corrected chi connectivity index (χ1v) is 3.27. The van der Waals surface area contributed by atoms with Crippen LogP contribution in [0.15, 0.2) is 22.2 Å². The highest BCUT2D eigenvalue weighted by Gasteiger charge is 2.12. The van der Waals surface area contributed by atoms with Crippen LogP contribution in [0.1, 0.15) is 0 Å². The summed E-state index contributed by atoms with van der Waals surface area (Å²) in [5.41, 5.74) is 0.338. The fourth-order valence-electron chi connectivity index (χ4n) is 1.02. The van der Waals surface area contributed by atoms with E-state index in [4.69, 9.17) is 0 Å². The second kappa shape index (κ2) is 2.33. The van der Waals surface area contributed by atoms with Gasteiger partial charge in [-0.25, -0.2) is 9.98 Å². The third kappa shape index (κ3) is 0.849. The summed E-state index contributed by atoms with van der Waals surface area (Å²) in [5.74, 6) is 0. The molecule has 0 spiro atoms. The molecule has 0 saturated heterocycles. The molecule has 1 aliphatic heterocycles. The Bertz CT molecular complexity index is 453. The van der Waals surface area contributed by atoms with Gasteiger partial charge in [-0.05, 0) is 0 Å². The zero-order chi connectivity index (χ0) is 8.55. The molecule has 6 nitrogen and oxygen atoms in total. The van der Waals surface area contributed by atoms with Crippen LogP contribution in [0.2, 0.25) is 0 Å². The molecule has 60 valence electrons. The van der Waals surface area contributed by atoms with E-state index >= 15 is 0 Å². The van der Waals surface area contributed by atoms with Crippen LogP contribution < -0.4 is 10.8 Å². The van der Waals surface area contributed by atoms with Gasteiger partial charge in [0.2, 0.25) is 0 Å². The van der Waals surface area contributed by atoms with Crippen molar-refractivity contribution in [3.05, 3.63) is 33.2 Å². The lowest BCUT2D eigenvalue weighted by Crippen LogP contribution is -2.27. The van der Waals surface area contributed by atoms with Gasteiger partial charge in [-0.3, -0.25) is 15.1 Å². The second-order valence-corrected chi connectivity index (χ2v) is 2.22. The van der Waals surface area contributed by atoms with Gasteiger partial charge in [0, 0.05) is 12.3 Å². The van der Waals surface area contributed by atoms with Crippen LogP contribution in [0, 0.1) is 10.1 Å². The lowest BCUT2D eigenvalue weighted by molar-refractivity contribution is -0.386. The first-order valence-electron chi connectivity index (χ1n) is 3.27. The van der Waals surface area contributed by atoms with Gasteiger partial charge in [-0.1, -0.05) is 0 Å². The van der Waals surface area contributed by atoms with Gasteiger partial charge in [0.25, 0.3) is 5.69 Å². The van der Waals surface area contributed by atoms with E-state index in [1.807, 2.05) is 0 Å². The summed E-state index contributed by atoms with van der Waals surface area (Å²) >= 11 is 0. The Morgan fingerprint density at radius 1 is 1.50 bits per heavy atom. The molecule has 6 heteroatoms. The zero-order valence-corrected chi connectivity index (χ0v) is 5.97. The molecular formula is C6H4N4O2. The van der Waals surface area contributed by atoms with Crippen molar-refractivity contribution in [1.29, 1.82) is 0 Å². The van der Waals surface area contributed by atoms with Crippen molar-refractivity contribution in [2.24, 2.45) is 9.98 Å². The van der Waals surface area contributed by atoms with Gasteiger partial charge in [-0.15, -0.1) is 0 Å². The van der Waals surface area contributed by atoms with Crippen LogP contribution in [0.5, 0.6) is 0 Å². The van der Waals surface area contributed by atoms with Crippen molar-refractivity contribution < 1.29 is 4.92 Å². The Morgan fingerprint density at radius 2 is 2.33 bits per heavy atom. The van der Waals surface area contributed by atoms with Gasteiger partial charge in [0.05, 0.1) is 4.92 Å². The van der Waals surface area contributed by atoms with E-state index in [0.717, 1.165) is 0 Å². The van der Waals surface area contributed by atoms with Gasteiger partial charge < -0.3 is 0 Å². The van der Waals surface area contributed by atoms with Crippen molar-refractivity contribution >= 4 is 5.69 Å². The quantitative estimate of drug-likeness (QED) is 0.402. The molecule has 2 heterocycles. The number of aromatic nitrogens is 1.